The maximum absolute atomic E-state index is 10.4. The molecule has 1 N–H and O–H groups in total. The van der Waals surface area contributed by atoms with Crippen LogP contribution in [-0.4, -0.2) is 34.9 Å². The van der Waals surface area contributed by atoms with Crippen molar-refractivity contribution < 1.29 is 9.63 Å². The second kappa shape index (κ2) is 5.47. The molecule has 1 saturated heterocycles. The third kappa shape index (κ3) is 2.50. The molecule has 4 nitrogen and oxygen atoms in total. The Hall–Kier alpha value is -0.900. The van der Waals surface area contributed by atoms with Crippen molar-refractivity contribution in [2.24, 2.45) is 4.99 Å². The topological polar surface area (TPSA) is 45.1 Å². The summed E-state index contributed by atoms with van der Waals surface area (Å²) in [5.74, 6) is 0. The van der Waals surface area contributed by atoms with Gasteiger partial charge < -0.3 is 9.63 Å². The Balaban J connectivity index is 1.88. The van der Waals surface area contributed by atoms with Crippen molar-refractivity contribution in [1.82, 2.24) is 4.67 Å². The molecule has 0 aromatic heterocycles. The highest BCUT2D eigenvalue weighted by atomic mass is 32.4. The highest BCUT2D eigenvalue weighted by Gasteiger charge is 2.32. The summed E-state index contributed by atoms with van der Waals surface area (Å²) in [5, 5.41) is 0. The quantitative estimate of drug-likeness (QED) is 0.872. The van der Waals surface area contributed by atoms with Gasteiger partial charge in [-0.25, -0.2) is 4.99 Å². The van der Waals surface area contributed by atoms with E-state index in [0.29, 0.717) is 25.3 Å². The van der Waals surface area contributed by atoms with E-state index < -0.39 is 6.42 Å². The lowest BCUT2D eigenvalue weighted by molar-refractivity contribution is 0.348. The van der Waals surface area contributed by atoms with Crippen molar-refractivity contribution in [1.29, 1.82) is 0 Å². The van der Waals surface area contributed by atoms with Crippen molar-refractivity contribution in [3.63, 3.8) is 0 Å². The van der Waals surface area contributed by atoms with Gasteiger partial charge in [-0.05, 0) is 35.8 Å². The predicted molar refractivity (Wildman–Crippen MR) is 84.6 cm³/mol. The summed E-state index contributed by atoms with van der Waals surface area (Å²) in [6, 6.07) is 9.08. The lowest BCUT2D eigenvalue weighted by atomic mass is 10.1. The summed E-state index contributed by atoms with van der Waals surface area (Å²) in [7, 11) is 0. The van der Waals surface area contributed by atoms with E-state index in [4.69, 9.17) is 21.5 Å². The fourth-order valence-corrected chi connectivity index (χ4v) is 4.33. The number of hydrogen-bond donors (Lipinski definition) is 1. The average Bonchev–Trinajstić information content (AvgIpc) is 3.07. The van der Waals surface area contributed by atoms with Crippen LogP contribution < -0.4 is 0 Å². The van der Waals surface area contributed by atoms with Crippen LogP contribution >= 0.6 is 6.42 Å². The summed E-state index contributed by atoms with van der Waals surface area (Å²) in [6.07, 6.45) is 0.122. The number of ether oxygens (including phenoxy) is 1. The van der Waals surface area contributed by atoms with Crippen molar-refractivity contribution in [3.05, 3.63) is 35.4 Å². The molecule has 0 bridgehead atoms. The minimum absolute atomic E-state index is 0.133. The number of fused-ring (bicyclic) bond motifs is 1. The molecule has 0 spiro atoms. The number of aryl methyl sites for hydroxylation is 1. The maximum Gasteiger partial charge on any atom is 0.293 e. The Morgan fingerprint density at radius 3 is 3.10 bits per heavy atom. The van der Waals surface area contributed by atoms with Crippen LogP contribution in [0.2, 0.25) is 0 Å². The van der Waals surface area contributed by atoms with Gasteiger partial charge in [0.05, 0.1) is 12.6 Å². The van der Waals surface area contributed by atoms with Gasteiger partial charge in [0.2, 0.25) is 0 Å². The zero-order valence-corrected chi connectivity index (χ0v) is 13.2. The second-order valence-corrected chi connectivity index (χ2v) is 9.32. The van der Waals surface area contributed by atoms with E-state index >= 15 is 0 Å². The molecule has 108 valence electrons. The fraction of sp³-hybridized carbons (Fsp3) is 0.500. The molecule has 2 aliphatic rings. The first kappa shape index (κ1) is 14.1. The summed E-state index contributed by atoms with van der Waals surface area (Å²) in [4.78, 5) is 15.1. The number of nitrogens with zero attached hydrogens (tertiary/aromatic N) is 2. The van der Waals surface area contributed by atoms with Crippen LogP contribution in [0.25, 0.3) is 0 Å². The highest BCUT2D eigenvalue weighted by Crippen LogP contribution is 2.47. The molecule has 3 rings (SSSR count). The Morgan fingerprint density at radius 2 is 2.30 bits per heavy atom. The SMILES string of the molecule is CCP(O)(=S)N1CCOC1=N[C@H]1CCc2ccccc21. The zero-order valence-electron chi connectivity index (χ0n) is 11.5. The van der Waals surface area contributed by atoms with E-state index in [9.17, 15) is 4.89 Å². The third-order valence-corrected chi connectivity index (χ3v) is 7.23. The molecule has 1 aliphatic heterocycles. The van der Waals surface area contributed by atoms with Crippen molar-refractivity contribution >= 4 is 24.2 Å². The lowest BCUT2D eigenvalue weighted by Crippen LogP contribution is -2.23. The molecule has 1 aromatic rings. The van der Waals surface area contributed by atoms with Crippen LogP contribution in [0.5, 0.6) is 0 Å². The molecule has 2 atom stereocenters. The van der Waals surface area contributed by atoms with Crippen LogP contribution in [0.1, 0.15) is 30.5 Å². The average molecular weight is 310 g/mol. The minimum Gasteiger partial charge on any atom is -0.463 e. The summed E-state index contributed by atoms with van der Waals surface area (Å²) in [6.45, 7) is 3.13. The van der Waals surface area contributed by atoms with E-state index in [2.05, 4.69) is 18.2 Å². The molecule has 1 aromatic carbocycles. The Morgan fingerprint density at radius 1 is 1.50 bits per heavy atom. The summed E-state index contributed by atoms with van der Waals surface area (Å²) in [5.41, 5.74) is 2.64. The molecule has 1 unspecified atom stereocenters. The van der Waals surface area contributed by atoms with Gasteiger partial charge in [-0.3, -0.25) is 4.67 Å². The van der Waals surface area contributed by atoms with Crippen LogP contribution in [0.4, 0.5) is 0 Å². The molecule has 6 heteroatoms. The first-order valence-corrected chi connectivity index (χ1v) is 9.89. The second-order valence-electron chi connectivity index (χ2n) is 5.12. The van der Waals surface area contributed by atoms with Gasteiger partial charge in [-0.2, -0.15) is 0 Å². The van der Waals surface area contributed by atoms with E-state index in [0.717, 1.165) is 12.8 Å². The van der Waals surface area contributed by atoms with Gasteiger partial charge in [0.1, 0.15) is 6.61 Å². The molecule has 0 saturated carbocycles. The van der Waals surface area contributed by atoms with Gasteiger partial charge in [-0.15, -0.1) is 0 Å². The summed E-state index contributed by atoms with van der Waals surface area (Å²) < 4.78 is 7.42. The number of hydrogen-bond acceptors (Lipinski definition) is 3. The molecular formula is C14H19N2O2PS. The van der Waals surface area contributed by atoms with Gasteiger partial charge in [0, 0.05) is 6.16 Å². The van der Waals surface area contributed by atoms with E-state index in [1.807, 2.05) is 17.7 Å². The van der Waals surface area contributed by atoms with Crippen LogP contribution in [0, 0.1) is 0 Å². The first-order valence-electron chi connectivity index (χ1n) is 7.00. The number of amidine groups is 1. The van der Waals surface area contributed by atoms with E-state index in [-0.39, 0.29) is 6.04 Å². The molecule has 1 heterocycles. The fourth-order valence-electron chi connectivity index (χ4n) is 2.76. The normalized spacial score (nSPS) is 26.4. The number of aliphatic imine (C=N–C) groups is 1. The Labute approximate surface area is 124 Å². The van der Waals surface area contributed by atoms with E-state index in [1.54, 1.807) is 0 Å². The van der Waals surface area contributed by atoms with Gasteiger partial charge >= 0.3 is 0 Å². The maximum atomic E-state index is 10.4. The van der Waals surface area contributed by atoms with Gasteiger partial charge in [0.25, 0.3) is 6.02 Å². The van der Waals surface area contributed by atoms with Crippen LogP contribution in [0.15, 0.2) is 29.3 Å². The van der Waals surface area contributed by atoms with Crippen LogP contribution in [0.3, 0.4) is 0 Å². The molecule has 1 fully saturated rings. The molecular weight excluding hydrogens is 291 g/mol. The van der Waals surface area contributed by atoms with Crippen molar-refractivity contribution in [3.8, 4) is 0 Å². The summed E-state index contributed by atoms with van der Waals surface area (Å²) >= 11 is 5.33. The number of benzene rings is 1. The van der Waals surface area contributed by atoms with Gasteiger partial charge in [0.15, 0.2) is 6.42 Å². The Bertz CT molecular complexity index is 590. The lowest BCUT2D eigenvalue weighted by Gasteiger charge is -2.25. The largest absolute Gasteiger partial charge is 0.463 e. The minimum atomic E-state index is -2.51. The molecule has 1 aliphatic carbocycles. The molecule has 0 amide bonds. The van der Waals surface area contributed by atoms with Gasteiger partial charge in [-0.1, -0.05) is 31.2 Å². The van der Waals surface area contributed by atoms with Crippen LogP contribution in [-0.2, 0) is 23.0 Å². The standard InChI is InChI=1S/C14H19N2O2PS/c1-2-19(17,20)16-9-10-18-14(16)15-13-8-7-11-5-3-4-6-12(11)13/h3-6,13H,2,7-10H2,1H3,(H,17,20)/t13-,19?/m0/s1. The monoisotopic (exact) mass is 310 g/mol. The molecule has 0 radical (unpaired) electrons. The molecule has 20 heavy (non-hydrogen) atoms. The van der Waals surface area contributed by atoms with Crippen molar-refractivity contribution in [2.75, 3.05) is 19.3 Å². The first-order chi connectivity index (χ1) is 9.62. The predicted octanol–water partition coefficient (Wildman–Crippen LogP) is 2.68. The van der Waals surface area contributed by atoms with E-state index in [1.165, 1.54) is 11.1 Å². The third-order valence-electron chi connectivity index (χ3n) is 3.91. The Kier molecular flexibility index (Phi) is 3.85. The zero-order chi connectivity index (χ0) is 14.2. The van der Waals surface area contributed by atoms with Crippen molar-refractivity contribution in [2.45, 2.75) is 25.8 Å². The highest BCUT2D eigenvalue weighted by molar-refractivity contribution is 8.10. The smallest absolute Gasteiger partial charge is 0.293 e. The number of rotatable bonds is 3.